The van der Waals surface area contributed by atoms with Gasteiger partial charge in [-0.2, -0.15) is 4.98 Å². The second kappa shape index (κ2) is 8.70. The highest BCUT2D eigenvalue weighted by molar-refractivity contribution is 6.31. The zero-order chi connectivity index (χ0) is 22.0. The van der Waals surface area contributed by atoms with Gasteiger partial charge in [0.25, 0.3) is 5.56 Å². The van der Waals surface area contributed by atoms with Crippen LogP contribution in [0, 0.1) is 20.8 Å². The van der Waals surface area contributed by atoms with E-state index in [9.17, 15) is 4.79 Å². The average molecular weight is 433 g/mol. The third kappa shape index (κ3) is 4.34. The molecule has 0 saturated carbocycles. The molecule has 0 bridgehead atoms. The van der Waals surface area contributed by atoms with Crippen LogP contribution in [0.5, 0.6) is 5.88 Å². The number of aryl methyl sites for hydroxylation is 3. The summed E-state index contributed by atoms with van der Waals surface area (Å²) in [6.45, 7) is 5.98. The molecule has 2 aromatic carbocycles. The summed E-state index contributed by atoms with van der Waals surface area (Å²) in [5.74, 6) is 0.606. The van der Waals surface area contributed by atoms with Gasteiger partial charge >= 0.3 is 0 Å². The highest BCUT2D eigenvalue weighted by Gasteiger charge is 2.16. The molecule has 0 saturated heterocycles. The molecular formula is C24H21ClN4O2. The van der Waals surface area contributed by atoms with Crippen molar-refractivity contribution in [1.29, 1.82) is 0 Å². The van der Waals surface area contributed by atoms with Crippen molar-refractivity contribution in [3.05, 3.63) is 98.9 Å². The number of aromatic nitrogens is 4. The van der Waals surface area contributed by atoms with E-state index in [2.05, 4.69) is 15.0 Å². The van der Waals surface area contributed by atoms with Crippen LogP contribution in [0.1, 0.15) is 22.5 Å². The van der Waals surface area contributed by atoms with Gasteiger partial charge in [-0.05, 0) is 44.0 Å². The van der Waals surface area contributed by atoms with Gasteiger partial charge < -0.3 is 4.74 Å². The smallest absolute Gasteiger partial charge is 0.280 e. The van der Waals surface area contributed by atoms with Crippen LogP contribution >= 0.6 is 11.6 Å². The maximum atomic E-state index is 13.1. The van der Waals surface area contributed by atoms with E-state index in [-0.39, 0.29) is 23.1 Å². The predicted molar refractivity (Wildman–Crippen MR) is 121 cm³/mol. The molecular weight excluding hydrogens is 412 g/mol. The summed E-state index contributed by atoms with van der Waals surface area (Å²) in [4.78, 5) is 25.9. The average Bonchev–Trinajstić information content (AvgIpc) is 2.76. The van der Waals surface area contributed by atoms with Gasteiger partial charge in [0.05, 0.1) is 11.4 Å². The van der Waals surface area contributed by atoms with Gasteiger partial charge in [0, 0.05) is 11.8 Å². The first-order valence-electron chi connectivity index (χ1n) is 9.79. The lowest BCUT2D eigenvalue weighted by Gasteiger charge is -2.14. The first-order valence-corrected chi connectivity index (χ1v) is 10.2. The van der Waals surface area contributed by atoms with Crippen LogP contribution in [0.25, 0.3) is 16.9 Å². The van der Waals surface area contributed by atoms with E-state index < -0.39 is 0 Å². The summed E-state index contributed by atoms with van der Waals surface area (Å²) in [5, 5.41) is -0.0538. The number of hydrogen-bond donors (Lipinski definition) is 0. The molecule has 4 rings (SSSR count). The molecule has 7 heteroatoms. The SMILES string of the molecule is Cc1cccc(COc2nc(C)n(-c3cccc(-c4ncncc4C)c3)c(=O)c2Cl)c1. The Morgan fingerprint density at radius 1 is 1.06 bits per heavy atom. The molecule has 0 N–H and O–H groups in total. The first-order chi connectivity index (χ1) is 14.9. The lowest BCUT2D eigenvalue weighted by atomic mass is 10.1. The number of hydrogen-bond acceptors (Lipinski definition) is 5. The van der Waals surface area contributed by atoms with Crippen LogP contribution < -0.4 is 10.3 Å². The molecule has 0 amide bonds. The molecule has 0 atom stereocenters. The third-order valence-electron chi connectivity index (χ3n) is 4.90. The van der Waals surface area contributed by atoms with Crippen molar-refractivity contribution >= 4 is 11.6 Å². The molecule has 0 aliphatic heterocycles. The second-order valence-corrected chi connectivity index (χ2v) is 7.68. The van der Waals surface area contributed by atoms with Gasteiger partial charge in [-0.1, -0.05) is 53.6 Å². The summed E-state index contributed by atoms with van der Waals surface area (Å²) < 4.78 is 7.24. The molecule has 156 valence electrons. The van der Waals surface area contributed by atoms with E-state index in [0.717, 1.165) is 27.9 Å². The van der Waals surface area contributed by atoms with Crippen LogP contribution in [0.2, 0.25) is 5.02 Å². The van der Waals surface area contributed by atoms with E-state index in [1.807, 2.05) is 62.4 Å². The van der Waals surface area contributed by atoms with Gasteiger partial charge in [-0.3, -0.25) is 9.36 Å². The largest absolute Gasteiger partial charge is 0.472 e. The predicted octanol–water partition coefficient (Wildman–Crippen LogP) is 4.85. The fourth-order valence-corrected chi connectivity index (χ4v) is 3.61. The van der Waals surface area contributed by atoms with E-state index in [1.165, 1.54) is 10.9 Å². The minimum Gasteiger partial charge on any atom is -0.472 e. The van der Waals surface area contributed by atoms with Crippen LogP contribution in [0.4, 0.5) is 0 Å². The van der Waals surface area contributed by atoms with E-state index in [0.29, 0.717) is 11.5 Å². The molecule has 4 aromatic rings. The summed E-state index contributed by atoms with van der Waals surface area (Å²) in [7, 11) is 0. The number of halogens is 1. The zero-order valence-electron chi connectivity index (χ0n) is 17.5. The maximum absolute atomic E-state index is 13.1. The van der Waals surface area contributed by atoms with Crippen molar-refractivity contribution in [3.8, 4) is 22.8 Å². The Morgan fingerprint density at radius 2 is 1.87 bits per heavy atom. The molecule has 6 nitrogen and oxygen atoms in total. The molecule has 0 radical (unpaired) electrons. The first kappa shape index (κ1) is 20.8. The highest BCUT2D eigenvalue weighted by Crippen LogP contribution is 2.25. The van der Waals surface area contributed by atoms with Crippen LogP contribution in [-0.4, -0.2) is 19.5 Å². The van der Waals surface area contributed by atoms with Gasteiger partial charge in [0.1, 0.15) is 18.8 Å². The van der Waals surface area contributed by atoms with E-state index in [1.54, 1.807) is 13.1 Å². The highest BCUT2D eigenvalue weighted by atomic mass is 35.5. The molecule has 0 fully saturated rings. The standard InChI is InChI=1S/C24H21ClN4O2/c1-15-6-4-7-18(10-15)13-31-23-21(25)24(30)29(17(3)28-23)20-9-5-8-19(11-20)22-16(2)12-26-14-27-22/h4-12,14H,13H2,1-3H3. The van der Waals surface area contributed by atoms with Crippen LogP contribution in [-0.2, 0) is 6.61 Å². The molecule has 0 spiro atoms. The molecule has 2 aromatic heterocycles. The van der Waals surface area contributed by atoms with Crippen molar-refractivity contribution in [2.75, 3.05) is 0 Å². The number of benzene rings is 2. The Hall–Kier alpha value is -3.51. The van der Waals surface area contributed by atoms with E-state index in [4.69, 9.17) is 16.3 Å². The molecule has 31 heavy (non-hydrogen) atoms. The molecule has 0 unspecified atom stereocenters. The summed E-state index contributed by atoms with van der Waals surface area (Å²) in [5.41, 5.74) is 5.00. The van der Waals surface area contributed by atoms with Crippen LogP contribution in [0.15, 0.2) is 65.8 Å². The molecule has 0 aliphatic carbocycles. The lowest BCUT2D eigenvalue weighted by Crippen LogP contribution is -2.23. The summed E-state index contributed by atoms with van der Waals surface area (Å²) in [6.07, 6.45) is 3.26. The Balaban J connectivity index is 1.69. The Labute approximate surface area is 185 Å². The quantitative estimate of drug-likeness (QED) is 0.451. The minimum absolute atomic E-state index is 0.0538. The van der Waals surface area contributed by atoms with Gasteiger partial charge in [0.15, 0.2) is 5.02 Å². The van der Waals surface area contributed by atoms with Gasteiger partial charge in [-0.15, -0.1) is 0 Å². The molecule has 2 heterocycles. The Morgan fingerprint density at radius 3 is 2.65 bits per heavy atom. The van der Waals surface area contributed by atoms with Crippen LogP contribution in [0.3, 0.4) is 0 Å². The minimum atomic E-state index is -0.384. The number of rotatable bonds is 5. The summed E-state index contributed by atoms with van der Waals surface area (Å²) in [6, 6.07) is 15.5. The van der Waals surface area contributed by atoms with Crippen molar-refractivity contribution in [2.24, 2.45) is 0 Å². The number of nitrogens with zero attached hydrogens (tertiary/aromatic N) is 4. The monoisotopic (exact) mass is 432 g/mol. The van der Waals surface area contributed by atoms with Crippen molar-refractivity contribution in [3.63, 3.8) is 0 Å². The fourth-order valence-electron chi connectivity index (χ4n) is 3.43. The zero-order valence-corrected chi connectivity index (χ0v) is 18.2. The number of ether oxygens (including phenoxy) is 1. The van der Waals surface area contributed by atoms with E-state index >= 15 is 0 Å². The maximum Gasteiger partial charge on any atom is 0.280 e. The topological polar surface area (TPSA) is 69.9 Å². The van der Waals surface area contributed by atoms with Crippen molar-refractivity contribution in [2.45, 2.75) is 27.4 Å². The van der Waals surface area contributed by atoms with Gasteiger partial charge in [-0.25, -0.2) is 9.97 Å². The summed E-state index contributed by atoms with van der Waals surface area (Å²) >= 11 is 6.36. The molecule has 0 aliphatic rings. The third-order valence-corrected chi connectivity index (χ3v) is 5.22. The van der Waals surface area contributed by atoms with Crippen molar-refractivity contribution in [1.82, 2.24) is 19.5 Å². The fraction of sp³-hybridized carbons (Fsp3) is 0.167. The second-order valence-electron chi connectivity index (χ2n) is 7.30. The van der Waals surface area contributed by atoms with Crippen molar-refractivity contribution < 1.29 is 4.74 Å². The lowest BCUT2D eigenvalue weighted by molar-refractivity contribution is 0.291. The van der Waals surface area contributed by atoms with Gasteiger partial charge in [0.2, 0.25) is 5.88 Å². The Kier molecular flexibility index (Phi) is 5.82. The Bertz CT molecular complexity index is 1320. The normalized spacial score (nSPS) is 10.8.